The number of phenols is 1. The number of phenolic OH excluding ortho intramolecular Hbond substituents is 1. The topological polar surface area (TPSA) is 161 Å². The zero-order chi connectivity index (χ0) is 27.8. The molecule has 2 aromatic rings. The zero-order valence-electron chi connectivity index (χ0n) is 21.4. The fourth-order valence-corrected chi connectivity index (χ4v) is 3.45. The number of aliphatic hydroxyl groups is 1. The molecular weight excluding hydrogens is 480 g/mol. The molecule has 0 aliphatic carbocycles. The van der Waals surface area contributed by atoms with E-state index in [-0.39, 0.29) is 11.3 Å². The van der Waals surface area contributed by atoms with Crippen molar-refractivity contribution in [2.45, 2.75) is 45.4 Å². The Balaban J connectivity index is 2.49. The summed E-state index contributed by atoms with van der Waals surface area (Å²) in [5.74, 6) is -1.34. The van der Waals surface area contributed by atoms with Crippen LogP contribution in [-0.2, 0) is 14.3 Å². The van der Waals surface area contributed by atoms with Crippen molar-refractivity contribution in [3.05, 3.63) is 53.6 Å². The minimum atomic E-state index is -1.52. The summed E-state index contributed by atoms with van der Waals surface area (Å²) in [4.78, 5) is 40.2. The third kappa shape index (κ3) is 7.85. The van der Waals surface area contributed by atoms with Gasteiger partial charge in [-0.25, -0.2) is 4.79 Å². The van der Waals surface area contributed by atoms with E-state index in [2.05, 4.69) is 10.6 Å². The largest absolute Gasteiger partial charge is 0.507 e. The van der Waals surface area contributed by atoms with E-state index in [9.17, 15) is 29.9 Å². The van der Waals surface area contributed by atoms with Crippen LogP contribution in [0.15, 0.2) is 42.5 Å². The molecule has 4 N–H and O–H groups in total. The number of nitrogens with one attached hydrogen (secondary N) is 2. The van der Waals surface area contributed by atoms with Crippen molar-refractivity contribution in [1.29, 1.82) is 5.26 Å². The van der Waals surface area contributed by atoms with Crippen molar-refractivity contribution in [3.63, 3.8) is 0 Å². The number of hydrogen-bond donors (Lipinski definition) is 4. The molecule has 0 saturated heterocycles. The third-order valence-corrected chi connectivity index (χ3v) is 5.18. The van der Waals surface area contributed by atoms with Crippen LogP contribution >= 0.6 is 0 Å². The maximum absolute atomic E-state index is 13.5. The van der Waals surface area contributed by atoms with E-state index in [1.807, 2.05) is 6.07 Å². The highest BCUT2D eigenvalue weighted by Gasteiger charge is 2.37. The number of para-hydroxylation sites is 1. The molecule has 3 amide bonds. The summed E-state index contributed by atoms with van der Waals surface area (Å²) in [6.45, 7) is 5.10. The van der Waals surface area contributed by atoms with E-state index in [0.29, 0.717) is 17.0 Å². The standard InChI is InChI=1S/C26H32N4O7/c1-16-7-6-8-19(22(16)32)21(23(33)28-17-9-11-18(36-5)12-10-17)30(14-13-27)24(34)20(15-31)29-25(35)37-26(2,3)4/h6-12,20-21,31-32H,14-15H2,1-5H3,(H,28,33)(H,29,35). The molecule has 2 atom stereocenters. The molecule has 0 aromatic heterocycles. The highest BCUT2D eigenvalue weighted by Crippen LogP contribution is 2.33. The van der Waals surface area contributed by atoms with Gasteiger partial charge in [-0.1, -0.05) is 18.2 Å². The summed E-state index contributed by atoms with van der Waals surface area (Å²) in [5, 5.41) is 35.1. The van der Waals surface area contributed by atoms with E-state index < -0.39 is 48.7 Å². The highest BCUT2D eigenvalue weighted by molar-refractivity contribution is 5.99. The van der Waals surface area contributed by atoms with E-state index in [4.69, 9.17) is 9.47 Å². The number of ether oxygens (including phenoxy) is 2. The Labute approximate surface area is 215 Å². The van der Waals surface area contributed by atoms with Crippen molar-refractivity contribution in [3.8, 4) is 17.6 Å². The number of nitrogens with zero attached hydrogens (tertiary/aromatic N) is 2. The fourth-order valence-electron chi connectivity index (χ4n) is 3.45. The molecule has 11 nitrogen and oxygen atoms in total. The SMILES string of the molecule is COc1ccc(NC(=O)C(c2cccc(C)c2O)N(CC#N)C(=O)C(CO)NC(=O)OC(C)(C)C)cc1. The van der Waals surface area contributed by atoms with Crippen molar-refractivity contribution < 1.29 is 34.1 Å². The molecule has 0 radical (unpaired) electrons. The van der Waals surface area contributed by atoms with Gasteiger partial charge in [0, 0.05) is 11.3 Å². The van der Waals surface area contributed by atoms with Crippen LogP contribution in [0.4, 0.5) is 10.5 Å². The van der Waals surface area contributed by atoms with Gasteiger partial charge in [-0.15, -0.1) is 0 Å². The molecule has 0 bridgehead atoms. The van der Waals surface area contributed by atoms with Crippen LogP contribution in [0.1, 0.15) is 37.9 Å². The number of anilines is 1. The Kier molecular flexibility index (Phi) is 9.85. The Morgan fingerprint density at radius 1 is 1.14 bits per heavy atom. The lowest BCUT2D eigenvalue weighted by Gasteiger charge is -2.32. The first-order valence-corrected chi connectivity index (χ1v) is 11.4. The number of aryl methyl sites for hydroxylation is 1. The number of amides is 3. The van der Waals surface area contributed by atoms with Gasteiger partial charge in [-0.05, 0) is 57.5 Å². The average Bonchev–Trinajstić information content (AvgIpc) is 2.83. The molecule has 2 rings (SSSR count). The Hall–Kier alpha value is -4.30. The van der Waals surface area contributed by atoms with Gasteiger partial charge < -0.3 is 35.2 Å². The van der Waals surface area contributed by atoms with Crippen molar-refractivity contribution in [2.75, 3.05) is 25.6 Å². The van der Waals surface area contributed by atoms with Crippen LogP contribution in [0, 0.1) is 18.3 Å². The van der Waals surface area contributed by atoms with E-state index >= 15 is 0 Å². The number of carbonyl (C=O) groups excluding carboxylic acids is 3. The van der Waals surface area contributed by atoms with Gasteiger partial charge in [0.15, 0.2) is 0 Å². The number of rotatable bonds is 9. The van der Waals surface area contributed by atoms with Gasteiger partial charge >= 0.3 is 6.09 Å². The molecule has 0 aliphatic rings. The number of carbonyl (C=O) groups is 3. The summed E-state index contributed by atoms with van der Waals surface area (Å²) in [6.07, 6.45) is -0.963. The summed E-state index contributed by atoms with van der Waals surface area (Å²) >= 11 is 0. The average molecular weight is 513 g/mol. The first kappa shape index (κ1) is 28.9. The lowest BCUT2D eigenvalue weighted by Crippen LogP contribution is -2.54. The summed E-state index contributed by atoms with van der Waals surface area (Å²) in [6, 6.07) is 9.92. The van der Waals surface area contributed by atoms with E-state index in [1.165, 1.54) is 13.2 Å². The number of aromatic hydroxyl groups is 1. The molecule has 2 unspecified atom stereocenters. The van der Waals surface area contributed by atoms with Gasteiger partial charge in [-0.2, -0.15) is 5.26 Å². The van der Waals surface area contributed by atoms with E-state index in [0.717, 1.165) is 4.90 Å². The third-order valence-electron chi connectivity index (χ3n) is 5.18. The Morgan fingerprint density at radius 3 is 2.32 bits per heavy atom. The molecule has 0 aliphatic heterocycles. The number of hydrogen-bond acceptors (Lipinski definition) is 8. The van der Waals surface area contributed by atoms with Crippen LogP contribution in [0.2, 0.25) is 0 Å². The molecule has 0 fully saturated rings. The monoisotopic (exact) mass is 512 g/mol. The summed E-state index contributed by atoms with van der Waals surface area (Å²) < 4.78 is 10.3. The molecule has 0 spiro atoms. The van der Waals surface area contributed by atoms with Crippen LogP contribution in [0.3, 0.4) is 0 Å². The molecule has 198 valence electrons. The van der Waals surface area contributed by atoms with Crippen molar-refractivity contribution in [2.24, 2.45) is 0 Å². The maximum Gasteiger partial charge on any atom is 0.408 e. The van der Waals surface area contributed by atoms with Gasteiger partial charge in [-0.3, -0.25) is 9.59 Å². The van der Waals surface area contributed by atoms with Crippen LogP contribution in [0.25, 0.3) is 0 Å². The van der Waals surface area contributed by atoms with Gasteiger partial charge in [0.05, 0.1) is 19.8 Å². The molecule has 2 aromatic carbocycles. The first-order chi connectivity index (χ1) is 17.4. The van der Waals surface area contributed by atoms with Crippen LogP contribution in [0.5, 0.6) is 11.5 Å². The second kappa shape index (κ2) is 12.6. The Bertz CT molecular complexity index is 1150. The number of nitriles is 1. The number of benzene rings is 2. The lowest BCUT2D eigenvalue weighted by atomic mass is 9.99. The van der Waals surface area contributed by atoms with Gasteiger partial charge in [0.2, 0.25) is 5.91 Å². The first-order valence-electron chi connectivity index (χ1n) is 11.4. The summed E-state index contributed by atoms with van der Waals surface area (Å²) in [7, 11) is 1.50. The normalized spacial score (nSPS) is 12.5. The smallest absolute Gasteiger partial charge is 0.408 e. The van der Waals surface area contributed by atoms with E-state index in [1.54, 1.807) is 64.1 Å². The van der Waals surface area contributed by atoms with Crippen molar-refractivity contribution >= 4 is 23.6 Å². The van der Waals surface area contributed by atoms with Crippen molar-refractivity contribution in [1.82, 2.24) is 10.2 Å². The zero-order valence-corrected chi connectivity index (χ0v) is 21.4. The predicted octanol–water partition coefficient (Wildman–Crippen LogP) is 2.63. The minimum Gasteiger partial charge on any atom is -0.507 e. The summed E-state index contributed by atoms with van der Waals surface area (Å²) in [5.41, 5.74) is 0.00399. The predicted molar refractivity (Wildman–Crippen MR) is 135 cm³/mol. The number of aliphatic hydroxyl groups excluding tert-OH is 1. The molecular formula is C26H32N4O7. The molecule has 0 heterocycles. The molecule has 0 saturated carbocycles. The molecule has 37 heavy (non-hydrogen) atoms. The number of alkyl carbamates (subject to hydrolysis) is 1. The van der Waals surface area contributed by atoms with Crippen LogP contribution < -0.4 is 15.4 Å². The second-order valence-corrected chi connectivity index (χ2v) is 9.14. The highest BCUT2D eigenvalue weighted by atomic mass is 16.6. The Morgan fingerprint density at radius 2 is 1.78 bits per heavy atom. The van der Waals surface area contributed by atoms with Gasteiger partial charge in [0.25, 0.3) is 5.91 Å². The van der Waals surface area contributed by atoms with Crippen LogP contribution in [-0.4, -0.2) is 64.9 Å². The second-order valence-electron chi connectivity index (χ2n) is 9.14. The fraction of sp³-hybridized carbons (Fsp3) is 0.385. The molecule has 11 heteroatoms. The lowest BCUT2D eigenvalue weighted by molar-refractivity contribution is -0.140. The number of methoxy groups -OCH3 is 1. The quantitative estimate of drug-likeness (QED) is 0.373. The maximum atomic E-state index is 13.5. The van der Waals surface area contributed by atoms with Gasteiger partial charge in [0.1, 0.15) is 35.7 Å². The minimum absolute atomic E-state index is 0.0589.